The smallest absolute Gasteiger partial charge is 0.104 e. The second-order valence-corrected chi connectivity index (χ2v) is 5.61. The molecule has 0 aliphatic rings. The predicted octanol–water partition coefficient (Wildman–Crippen LogP) is 1.97. The van der Waals surface area contributed by atoms with E-state index in [2.05, 4.69) is 50.2 Å². The van der Waals surface area contributed by atoms with E-state index < -0.39 is 0 Å². The summed E-state index contributed by atoms with van der Waals surface area (Å²) < 4.78 is 0.848. The largest absolute Gasteiger partial charge is 0.388 e. The van der Waals surface area contributed by atoms with Crippen molar-refractivity contribution < 1.29 is 9.59 Å². The minimum atomic E-state index is -0.244. The lowest BCUT2D eigenvalue weighted by atomic mass is 10.2. The molecule has 0 saturated heterocycles. The summed E-state index contributed by atoms with van der Waals surface area (Å²) in [6.07, 6.45) is -0.244. The van der Waals surface area contributed by atoms with Crippen LogP contribution in [0.2, 0.25) is 0 Å². The van der Waals surface area contributed by atoms with Gasteiger partial charge in [-0.25, -0.2) is 0 Å². The number of hydrogen-bond acceptors (Lipinski definition) is 2. The van der Waals surface area contributed by atoms with Gasteiger partial charge in [0.25, 0.3) is 0 Å². The van der Waals surface area contributed by atoms with Crippen LogP contribution in [-0.4, -0.2) is 56.0 Å². The molecule has 102 valence electrons. The number of anilines is 1. The van der Waals surface area contributed by atoms with Crippen LogP contribution < -0.4 is 4.90 Å². The van der Waals surface area contributed by atoms with Crippen molar-refractivity contribution in [2.75, 3.05) is 45.2 Å². The zero-order valence-electron chi connectivity index (χ0n) is 12.1. The molecule has 0 spiro atoms. The molecule has 0 aliphatic heterocycles. The molecule has 0 saturated carbocycles. The first kappa shape index (κ1) is 15.0. The maximum Gasteiger partial charge on any atom is 0.104 e. The van der Waals surface area contributed by atoms with Crippen molar-refractivity contribution in [3.05, 3.63) is 30.3 Å². The Bertz CT molecular complexity index is 336. The van der Waals surface area contributed by atoms with E-state index in [4.69, 9.17) is 0 Å². The Morgan fingerprint density at radius 2 is 1.83 bits per heavy atom. The molecule has 1 rings (SSSR count). The Labute approximate surface area is 111 Å². The van der Waals surface area contributed by atoms with Gasteiger partial charge >= 0.3 is 0 Å². The van der Waals surface area contributed by atoms with E-state index in [0.29, 0.717) is 0 Å². The molecular weight excluding hydrogens is 224 g/mol. The first-order valence-electron chi connectivity index (χ1n) is 6.74. The van der Waals surface area contributed by atoms with Crippen LogP contribution in [0.4, 0.5) is 5.69 Å². The molecule has 0 aliphatic carbocycles. The van der Waals surface area contributed by atoms with Crippen molar-refractivity contribution in [2.45, 2.75) is 20.0 Å². The quantitative estimate of drug-likeness (QED) is 0.749. The Morgan fingerprint density at radius 3 is 2.33 bits per heavy atom. The minimum absolute atomic E-state index is 0.244. The Kier molecular flexibility index (Phi) is 5.63. The second kappa shape index (κ2) is 6.76. The van der Waals surface area contributed by atoms with Gasteiger partial charge in [-0.05, 0) is 26.0 Å². The van der Waals surface area contributed by atoms with Gasteiger partial charge < -0.3 is 14.5 Å². The monoisotopic (exact) mass is 251 g/mol. The standard InChI is InChI=1S/C15H27N2O/c1-5-16(15-9-7-6-8-10-15)11-12-17(3,4)13-14(2)18/h6-10,14,18H,5,11-13H2,1-4H3/q+1. The van der Waals surface area contributed by atoms with E-state index in [1.54, 1.807) is 0 Å². The highest BCUT2D eigenvalue weighted by Crippen LogP contribution is 2.13. The summed E-state index contributed by atoms with van der Waals surface area (Å²) in [5.74, 6) is 0. The molecule has 0 amide bonds. The van der Waals surface area contributed by atoms with E-state index in [0.717, 1.165) is 30.7 Å². The van der Waals surface area contributed by atoms with Crippen molar-refractivity contribution in [3.8, 4) is 0 Å². The molecule has 0 radical (unpaired) electrons. The van der Waals surface area contributed by atoms with E-state index >= 15 is 0 Å². The summed E-state index contributed by atoms with van der Waals surface area (Å²) >= 11 is 0. The Balaban J connectivity index is 2.55. The third kappa shape index (κ3) is 5.07. The lowest BCUT2D eigenvalue weighted by Gasteiger charge is -2.34. The van der Waals surface area contributed by atoms with E-state index in [1.165, 1.54) is 5.69 Å². The predicted molar refractivity (Wildman–Crippen MR) is 77.9 cm³/mol. The Morgan fingerprint density at radius 1 is 1.22 bits per heavy atom. The summed E-state index contributed by atoms with van der Waals surface area (Å²) in [4.78, 5) is 2.38. The number of hydrogen-bond donors (Lipinski definition) is 1. The first-order valence-corrected chi connectivity index (χ1v) is 6.74. The maximum atomic E-state index is 9.50. The van der Waals surface area contributed by atoms with Gasteiger partial charge in [-0.15, -0.1) is 0 Å². The molecule has 1 aromatic carbocycles. The summed E-state index contributed by atoms with van der Waals surface area (Å²) in [6, 6.07) is 10.5. The minimum Gasteiger partial charge on any atom is -0.388 e. The first-order chi connectivity index (χ1) is 8.44. The zero-order chi connectivity index (χ0) is 13.6. The van der Waals surface area contributed by atoms with Crippen LogP contribution in [0.1, 0.15) is 13.8 Å². The molecule has 1 N–H and O–H groups in total. The van der Waals surface area contributed by atoms with Crippen molar-refractivity contribution >= 4 is 5.69 Å². The number of likely N-dealkylation sites (N-methyl/N-ethyl adjacent to an activating group) is 2. The number of aliphatic hydroxyl groups excluding tert-OH is 1. The summed E-state index contributed by atoms with van der Waals surface area (Å²) in [7, 11) is 4.34. The summed E-state index contributed by atoms with van der Waals surface area (Å²) in [6.45, 7) is 7.90. The van der Waals surface area contributed by atoms with Gasteiger partial charge in [-0.1, -0.05) is 18.2 Å². The normalized spacial score (nSPS) is 13.4. The average molecular weight is 251 g/mol. The highest BCUT2D eigenvalue weighted by Gasteiger charge is 2.19. The molecule has 0 fully saturated rings. The molecule has 1 unspecified atom stereocenters. The third-order valence-corrected chi connectivity index (χ3v) is 3.24. The highest BCUT2D eigenvalue weighted by molar-refractivity contribution is 5.45. The molecule has 0 bridgehead atoms. The van der Waals surface area contributed by atoms with Crippen molar-refractivity contribution in [1.82, 2.24) is 0 Å². The maximum absolute atomic E-state index is 9.50. The van der Waals surface area contributed by atoms with Crippen LogP contribution in [0.25, 0.3) is 0 Å². The van der Waals surface area contributed by atoms with Crippen LogP contribution in [0.3, 0.4) is 0 Å². The molecule has 3 heteroatoms. The number of para-hydroxylation sites is 1. The van der Waals surface area contributed by atoms with Crippen LogP contribution >= 0.6 is 0 Å². The van der Waals surface area contributed by atoms with Crippen LogP contribution in [0, 0.1) is 0 Å². The third-order valence-electron chi connectivity index (χ3n) is 3.24. The number of nitrogens with zero attached hydrogens (tertiary/aromatic N) is 2. The van der Waals surface area contributed by atoms with Crippen LogP contribution in [0.15, 0.2) is 30.3 Å². The fourth-order valence-electron chi connectivity index (χ4n) is 2.31. The number of benzene rings is 1. The number of rotatable bonds is 7. The fraction of sp³-hybridized carbons (Fsp3) is 0.600. The van der Waals surface area contributed by atoms with E-state index in [9.17, 15) is 5.11 Å². The topological polar surface area (TPSA) is 23.5 Å². The summed E-state index contributed by atoms with van der Waals surface area (Å²) in [5.41, 5.74) is 1.28. The van der Waals surface area contributed by atoms with E-state index in [1.807, 2.05) is 13.0 Å². The van der Waals surface area contributed by atoms with Gasteiger partial charge in [0.05, 0.1) is 27.2 Å². The molecule has 0 heterocycles. The van der Waals surface area contributed by atoms with Gasteiger partial charge in [-0.2, -0.15) is 0 Å². The van der Waals surface area contributed by atoms with Crippen LogP contribution in [0.5, 0.6) is 0 Å². The van der Waals surface area contributed by atoms with Gasteiger partial charge in [0.1, 0.15) is 12.6 Å². The van der Waals surface area contributed by atoms with Gasteiger partial charge in [-0.3, -0.25) is 0 Å². The number of quaternary nitrogens is 1. The van der Waals surface area contributed by atoms with Crippen molar-refractivity contribution in [2.24, 2.45) is 0 Å². The zero-order valence-corrected chi connectivity index (χ0v) is 12.1. The SMILES string of the molecule is CCN(CC[N+](C)(C)CC(C)O)c1ccccc1. The molecule has 3 nitrogen and oxygen atoms in total. The lowest BCUT2D eigenvalue weighted by Crippen LogP contribution is -2.49. The molecule has 18 heavy (non-hydrogen) atoms. The highest BCUT2D eigenvalue weighted by atomic mass is 16.3. The summed E-state index contributed by atoms with van der Waals surface area (Å²) in [5, 5.41) is 9.50. The fourth-order valence-corrected chi connectivity index (χ4v) is 2.31. The Hall–Kier alpha value is -1.06. The molecule has 1 atom stereocenters. The van der Waals surface area contributed by atoms with Crippen LogP contribution in [-0.2, 0) is 0 Å². The van der Waals surface area contributed by atoms with Gasteiger partial charge in [0.15, 0.2) is 0 Å². The van der Waals surface area contributed by atoms with E-state index in [-0.39, 0.29) is 6.10 Å². The van der Waals surface area contributed by atoms with Gasteiger partial charge in [0, 0.05) is 12.2 Å². The van der Waals surface area contributed by atoms with Gasteiger partial charge in [0.2, 0.25) is 0 Å². The molecular formula is C15H27N2O+. The van der Waals surface area contributed by atoms with Crippen molar-refractivity contribution in [1.29, 1.82) is 0 Å². The van der Waals surface area contributed by atoms with Crippen molar-refractivity contribution in [3.63, 3.8) is 0 Å². The lowest BCUT2D eigenvalue weighted by molar-refractivity contribution is -0.891. The molecule has 0 aromatic heterocycles. The number of aliphatic hydroxyl groups is 1. The molecule has 1 aromatic rings. The second-order valence-electron chi connectivity index (χ2n) is 5.61. The average Bonchev–Trinajstić information content (AvgIpc) is 2.29.